The van der Waals surface area contributed by atoms with Gasteiger partial charge in [-0.15, -0.1) is 0 Å². The number of carbonyl (C=O) groups excluding carboxylic acids is 2. The van der Waals surface area contributed by atoms with Gasteiger partial charge in [0.05, 0.1) is 18.6 Å². The van der Waals surface area contributed by atoms with E-state index >= 15 is 0 Å². The summed E-state index contributed by atoms with van der Waals surface area (Å²) in [6, 6.07) is 0. The molecule has 0 aliphatic rings. The van der Waals surface area contributed by atoms with Gasteiger partial charge in [0.1, 0.15) is 13.2 Å². The van der Waals surface area contributed by atoms with Gasteiger partial charge in [-0.2, -0.15) is 11.8 Å². The molecule has 0 aromatic heterocycles. The van der Waals surface area contributed by atoms with Crippen molar-refractivity contribution in [1.29, 1.82) is 0 Å². The molecule has 0 aromatic carbocycles. The Balaban J connectivity index is 3.66. The standard InChI is InChI=1S/C18H34O7S/c1-15(13-26-14-16(23-4)12-22-3)18(20)25-11-10-24-17(19)8-6-5-7-9-21-2/h15-16H,5-14H2,1-4H3. The molecule has 0 saturated heterocycles. The Kier molecular flexibility index (Phi) is 17.0. The first-order valence-corrected chi connectivity index (χ1v) is 10.1. The van der Waals surface area contributed by atoms with Gasteiger partial charge in [0.15, 0.2) is 0 Å². The van der Waals surface area contributed by atoms with Crippen LogP contribution in [0.1, 0.15) is 32.6 Å². The van der Waals surface area contributed by atoms with Gasteiger partial charge < -0.3 is 23.7 Å². The third-order valence-corrected chi connectivity index (χ3v) is 4.92. The zero-order valence-corrected chi connectivity index (χ0v) is 17.3. The lowest BCUT2D eigenvalue weighted by Crippen LogP contribution is -2.23. The van der Waals surface area contributed by atoms with Crippen LogP contribution in [0.5, 0.6) is 0 Å². The molecule has 154 valence electrons. The van der Waals surface area contributed by atoms with Crippen molar-refractivity contribution in [2.75, 3.05) is 59.3 Å². The summed E-state index contributed by atoms with van der Waals surface area (Å²) in [7, 11) is 4.93. The first kappa shape index (κ1) is 25.2. The Morgan fingerprint density at radius 2 is 1.62 bits per heavy atom. The van der Waals surface area contributed by atoms with Crippen LogP contribution in [0.4, 0.5) is 0 Å². The summed E-state index contributed by atoms with van der Waals surface area (Å²) in [5, 5.41) is 0. The predicted octanol–water partition coefficient (Wildman–Crippen LogP) is 2.31. The van der Waals surface area contributed by atoms with E-state index in [1.165, 1.54) is 0 Å². The number of esters is 2. The molecule has 2 atom stereocenters. The molecule has 0 aromatic rings. The van der Waals surface area contributed by atoms with E-state index in [2.05, 4.69) is 0 Å². The third-order valence-electron chi connectivity index (χ3n) is 3.58. The van der Waals surface area contributed by atoms with Crippen molar-refractivity contribution in [2.45, 2.75) is 38.7 Å². The number of carbonyl (C=O) groups is 2. The molecule has 8 heteroatoms. The molecule has 0 saturated carbocycles. The molecular weight excluding hydrogens is 360 g/mol. The minimum Gasteiger partial charge on any atom is -0.462 e. The van der Waals surface area contributed by atoms with Gasteiger partial charge >= 0.3 is 11.9 Å². The SMILES string of the molecule is COCCCCCC(=O)OCCOC(=O)C(C)CSCC(COC)OC. The summed E-state index contributed by atoms with van der Waals surface area (Å²) in [4.78, 5) is 23.4. The summed E-state index contributed by atoms with van der Waals surface area (Å²) >= 11 is 1.62. The first-order valence-electron chi connectivity index (χ1n) is 8.95. The summed E-state index contributed by atoms with van der Waals surface area (Å²) in [6.07, 6.45) is 3.05. The number of rotatable bonds is 17. The van der Waals surface area contributed by atoms with Crippen LogP contribution in [-0.2, 0) is 33.3 Å². The number of methoxy groups -OCH3 is 3. The van der Waals surface area contributed by atoms with Crippen LogP contribution in [0.3, 0.4) is 0 Å². The maximum atomic E-state index is 11.9. The average molecular weight is 395 g/mol. The molecule has 2 unspecified atom stereocenters. The second-order valence-electron chi connectivity index (χ2n) is 5.94. The molecule has 0 amide bonds. The van der Waals surface area contributed by atoms with E-state index in [4.69, 9.17) is 23.7 Å². The van der Waals surface area contributed by atoms with Gasteiger partial charge in [-0.3, -0.25) is 9.59 Å². The van der Waals surface area contributed by atoms with Crippen LogP contribution < -0.4 is 0 Å². The van der Waals surface area contributed by atoms with Crippen LogP contribution in [0.25, 0.3) is 0 Å². The van der Waals surface area contributed by atoms with Gasteiger partial charge in [0, 0.05) is 45.9 Å². The van der Waals surface area contributed by atoms with Gasteiger partial charge in [-0.1, -0.05) is 13.3 Å². The lowest BCUT2D eigenvalue weighted by molar-refractivity contribution is -0.154. The Hall–Kier alpha value is -0.830. The number of ether oxygens (including phenoxy) is 5. The Morgan fingerprint density at radius 1 is 0.885 bits per heavy atom. The Bertz CT molecular complexity index is 365. The highest BCUT2D eigenvalue weighted by Gasteiger charge is 2.16. The fourth-order valence-corrected chi connectivity index (χ4v) is 3.14. The van der Waals surface area contributed by atoms with Crippen LogP contribution >= 0.6 is 11.8 Å². The minimum atomic E-state index is -0.283. The number of hydrogen-bond acceptors (Lipinski definition) is 8. The summed E-state index contributed by atoms with van der Waals surface area (Å²) in [6.45, 7) is 3.25. The van der Waals surface area contributed by atoms with Crippen molar-refractivity contribution >= 4 is 23.7 Å². The summed E-state index contributed by atoms with van der Waals surface area (Å²) in [5.41, 5.74) is 0. The monoisotopic (exact) mass is 394 g/mol. The molecule has 0 fully saturated rings. The van der Waals surface area contributed by atoms with E-state index in [1.807, 2.05) is 6.92 Å². The van der Waals surface area contributed by atoms with Crippen LogP contribution in [0.2, 0.25) is 0 Å². The van der Waals surface area contributed by atoms with E-state index in [-0.39, 0.29) is 37.2 Å². The zero-order chi connectivity index (χ0) is 19.6. The Morgan fingerprint density at radius 3 is 2.27 bits per heavy atom. The number of thioether (sulfide) groups is 1. The highest BCUT2D eigenvalue weighted by atomic mass is 32.2. The highest BCUT2D eigenvalue weighted by molar-refractivity contribution is 7.99. The lowest BCUT2D eigenvalue weighted by Gasteiger charge is -2.15. The van der Waals surface area contributed by atoms with Crippen LogP contribution in [-0.4, -0.2) is 77.3 Å². The smallest absolute Gasteiger partial charge is 0.309 e. The zero-order valence-electron chi connectivity index (χ0n) is 16.5. The molecule has 26 heavy (non-hydrogen) atoms. The summed E-state index contributed by atoms with van der Waals surface area (Å²) in [5.74, 6) is 0.629. The molecule has 0 aliphatic heterocycles. The van der Waals surface area contributed by atoms with E-state index < -0.39 is 0 Å². The van der Waals surface area contributed by atoms with Crippen molar-refractivity contribution in [3.05, 3.63) is 0 Å². The van der Waals surface area contributed by atoms with E-state index in [0.29, 0.717) is 25.4 Å². The molecule has 0 N–H and O–H groups in total. The van der Waals surface area contributed by atoms with E-state index in [1.54, 1.807) is 33.1 Å². The molecular formula is C18H34O7S. The van der Waals surface area contributed by atoms with Crippen molar-refractivity contribution < 1.29 is 33.3 Å². The van der Waals surface area contributed by atoms with E-state index in [9.17, 15) is 9.59 Å². The fraction of sp³-hybridized carbons (Fsp3) is 0.889. The Labute approximate surface area is 161 Å². The maximum absolute atomic E-state index is 11.9. The fourth-order valence-electron chi connectivity index (χ4n) is 2.02. The number of unbranched alkanes of at least 4 members (excludes halogenated alkanes) is 2. The van der Waals surface area contributed by atoms with Crippen molar-refractivity contribution in [1.82, 2.24) is 0 Å². The topological polar surface area (TPSA) is 80.3 Å². The molecule has 0 bridgehead atoms. The largest absolute Gasteiger partial charge is 0.462 e. The molecule has 0 spiro atoms. The average Bonchev–Trinajstić information content (AvgIpc) is 2.63. The number of hydrogen-bond donors (Lipinski definition) is 0. The van der Waals surface area contributed by atoms with Gasteiger partial charge in [-0.25, -0.2) is 0 Å². The van der Waals surface area contributed by atoms with Crippen LogP contribution in [0, 0.1) is 5.92 Å². The van der Waals surface area contributed by atoms with Crippen molar-refractivity contribution in [3.63, 3.8) is 0 Å². The van der Waals surface area contributed by atoms with Crippen molar-refractivity contribution in [3.8, 4) is 0 Å². The predicted molar refractivity (Wildman–Crippen MR) is 101 cm³/mol. The summed E-state index contributed by atoms with van der Waals surface area (Å²) < 4.78 is 25.5. The molecule has 0 rings (SSSR count). The quantitative estimate of drug-likeness (QED) is 0.275. The second kappa shape index (κ2) is 17.6. The minimum absolute atomic E-state index is 0.0159. The highest BCUT2D eigenvalue weighted by Crippen LogP contribution is 2.12. The first-order chi connectivity index (χ1) is 12.5. The molecule has 0 aliphatic carbocycles. The normalized spacial score (nSPS) is 13.2. The molecule has 0 heterocycles. The van der Waals surface area contributed by atoms with E-state index in [0.717, 1.165) is 25.0 Å². The van der Waals surface area contributed by atoms with Gasteiger partial charge in [0.2, 0.25) is 0 Å². The van der Waals surface area contributed by atoms with Gasteiger partial charge in [-0.05, 0) is 12.8 Å². The maximum Gasteiger partial charge on any atom is 0.309 e. The molecule has 7 nitrogen and oxygen atoms in total. The van der Waals surface area contributed by atoms with Crippen molar-refractivity contribution in [2.24, 2.45) is 5.92 Å². The van der Waals surface area contributed by atoms with Crippen LogP contribution in [0.15, 0.2) is 0 Å². The third kappa shape index (κ3) is 14.4. The van der Waals surface area contributed by atoms with Gasteiger partial charge in [0.25, 0.3) is 0 Å². The molecule has 0 radical (unpaired) electrons. The lowest BCUT2D eigenvalue weighted by atomic mass is 10.2. The second-order valence-corrected chi connectivity index (χ2v) is 7.02.